The standard InChI is InChI=1S/C13H14F3NO3/c1-20-11-9(13(14,15)16)5-4-8(12(18)19)10(11)17-6-2-3-7-17/h4-5H,2-3,6-7H2,1H3,(H,18,19). The van der Waals surface area contributed by atoms with E-state index in [9.17, 15) is 23.1 Å². The molecule has 0 radical (unpaired) electrons. The van der Waals surface area contributed by atoms with Crippen molar-refractivity contribution in [2.75, 3.05) is 25.1 Å². The predicted molar refractivity (Wildman–Crippen MR) is 66.4 cm³/mol. The second-order valence-electron chi connectivity index (χ2n) is 4.54. The van der Waals surface area contributed by atoms with E-state index in [4.69, 9.17) is 4.74 Å². The molecule has 1 heterocycles. The summed E-state index contributed by atoms with van der Waals surface area (Å²) in [5.74, 6) is -1.68. The molecular weight excluding hydrogens is 275 g/mol. The minimum absolute atomic E-state index is 0.0207. The molecule has 0 atom stereocenters. The van der Waals surface area contributed by atoms with Crippen LogP contribution in [0.1, 0.15) is 28.8 Å². The van der Waals surface area contributed by atoms with Crippen LogP contribution < -0.4 is 9.64 Å². The van der Waals surface area contributed by atoms with Gasteiger partial charge >= 0.3 is 12.1 Å². The van der Waals surface area contributed by atoms with Gasteiger partial charge in [-0.1, -0.05) is 0 Å². The van der Waals surface area contributed by atoms with Gasteiger partial charge in [0.2, 0.25) is 0 Å². The molecule has 0 spiro atoms. The van der Waals surface area contributed by atoms with Crippen molar-refractivity contribution in [3.63, 3.8) is 0 Å². The molecule has 2 rings (SSSR count). The molecule has 0 aromatic heterocycles. The number of carboxylic acids is 1. The second kappa shape index (κ2) is 5.22. The van der Waals surface area contributed by atoms with Gasteiger partial charge in [0.05, 0.1) is 23.9 Å². The van der Waals surface area contributed by atoms with Gasteiger partial charge in [-0.15, -0.1) is 0 Å². The van der Waals surface area contributed by atoms with E-state index in [2.05, 4.69) is 0 Å². The second-order valence-corrected chi connectivity index (χ2v) is 4.54. The molecular formula is C13H14F3NO3. The van der Waals surface area contributed by atoms with Crippen LogP contribution >= 0.6 is 0 Å². The van der Waals surface area contributed by atoms with Crippen molar-refractivity contribution in [1.29, 1.82) is 0 Å². The normalized spacial score (nSPS) is 15.5. The number of carbonyl (C=O) groups is 1. The molecule has 0 saturated carbocycles. The van der Waals surface area contributed by atoms with Crippen molar-refractivity contribution >= 4 is 11.7 Å². The lowest BCUT2D eigenvalue weighted by Gasteiger charge is -2.25. The number of nitrogens with zero attached hydrogens (tertiary/aromatic N) is 1. The Balaban J connectivity index is 2.66. The Morgan fingerprint density at radius 3 is 2.35 bits per heavy atom. The van der Waals surface area contributed by atoms with Gasteiger partial charge in [0.25, 0.3) is 0 Å². The summed E-state index contributed by atoms with van der Waals surface area (Å²) >= 11 is 0. The fraction of sp³-hybridized carbons (Fsp3) is 0.462. The van der Waals surface area contributed by atoms with Crippen LogP contribution in [0.2, 0.25) is 0 Å². The maximum absolute atomic E-state index is 13.0. The molecule has 0 aliphatic carbocycles. The summed E-state index contributed by atoms with van der Waals surface area (Å²) in [6.45, 7) is 1.05. The summed E-state index contributed by atoms with van der Waals surface area (Å²) in [6.07, 6.45) is -2.95. The van der Waals surface area contributed by atoms with Gasteiger partial charge in [0.15, 0.2) is 5.75 Å². The Morgan fingerprint density at radius 2 is 1.90 bits per heavy atom. The first-order chi connectivity index (χ1) is 9.36. The van der Waals surface area contributed by atoms with Crippen LogP contribution in [0.5, 0.6) is 5.75 Å². The van der Waals surface area contributed by atoms with Gasteiger partial charge in [0, 0.05) is 13.1 Å². The van der Waals surface area contributed by atoms with Crippen molar-refractivity contribution in [3.8, 4) is 5.75 Å². The molecule has 1 aliphatic heterocycles. The average Bonchev–Trinajstić information content (AvgIpc) is 2.89. The van der Waals surface area contributed by atoms with E-state index in [1.807, 2.05) is 0 Å². The van der Waals surface area contributed by atoms with E-state index < -0.39 is 23.5 Å². The van der Waals surface area contributed by atoms with E-state index in [0.717, 1.165) is 32.1 Å². The number of carboxylic acid groups (broad SMARTS) is 1. The van der Waals surface area contributed by atoms with Gasteiger partial charge < -0.3 is 14.7 Å². The number of aromatic carboxylic acids is 1. The minimum Gasteiger partial charge on any atom is -0.494 e. The molecule has 1 aromatic carbocycles. The summed E-state index contributed by atoms with van der Waals surface area (Å²) in [5.41, 5.74) is -1.10. The van der Waals surface area contributed by atoms with Crippen LogP contribution in [0, 0.1) is 0 Å². The monoisotopic (exact) mass is 289 g/mol. The summed E-state index contributed by atoms with van der Waals surface area (Å²) in [4.78, 5) is 12.9. The number of halogens is 3. The molecule has 20 heavy (non-hydrogen) atoms. The number of ether oxygens (including phenoxy) is 1. The smallest absolute Gasteiger partial charge is 0.420 e. The SMILES string of the molecule is COc1c(C(F)(F)F)ccc(C(=O)O)c1N1CCCC1. The number of benzene rings is 1. The van der Waals surface area contributed by atoms with Crippen molar-refractivity contribution in [2.45, 2.75) is 19.0 Å². The van der Waals surface area contributed by atoms with Gasteiger partial charge in [0.1, 0.15) is 0 Å². The maximum atomic E-state index is 13.0. The van der Waals surface area contributed by atoms with E-state index in [-0.39, 0.29) is 11.3 Å². The lowest BCUT2D eigenvalue weighted by molar-refractivity contribution is -0.138. The molecule has 0 amide bonds. The molecule has 4 nitrogen and oxygen atoms in total. The third kappa shape index (κ3) is 2.52. The minimum atomic E-state index is -4.59. The predicted octanol–water partition coefficient (Wildman–Crippen LogP) is 3.01. The van der Waals surface area contributed by atoms with Crippen LogP contribution in [0.4, 0.5) is 18.9 Å². The molecule has 110 valence electrons. The van der Waals surface area contributed by atoms with Crippen LogP contribution in [0.15, 0.2) is 12.1 Å². The van der Waals surface area contributed by atoms with Crippen molar-refractivity contribution in [1.82, 2.24) is 0 Å². The maximum Gasteiger partial charge on any atom is 0.420 e. The molecule has 0 unspecified atom stereocenters. The molecule has 7 heteroatoms. The lowest BCUT2D eigenvalue weighted by atomic mass is 10.1. The number of anilines is 1. The number of hydrogen-bond acceptors (Lipinski definition) is 3. The zero-order valence-corrected chi connectivity index (χ0v) is 10.8. The first kappa shape index (κ1) is 14.5. The number of hydrogen-bond donors (Lipinski definition) is 1. The van der Waals surface area contributed by atoms with Crippen LogP contribution in [0.3, 0.4) is 0 Å². The van der Waals surface area contributed by atoms with E-state index in [0.29, 0.717) is 13.1 Å². The highest BCUT2D eigenvalue weighted by atomic mass is 19.4. The summed E-state index contributed by atoms with van der Waals surface area (Å²) in [6, 6.07) is 1.74. The number of methoxy groups -OCH3 is 1. The molecule has 1 aliphatic rings. The largest absolute Gasteiger partial charge is 0.494 e. The van der Waals surface area contributed by atoms with Crippen molar-refractivity contribution < 1.29 is 27.8 Å². The van der Waals surface area contributed by atoms with Crippen LogP contribution in [-0.2, 0) is 6.18 Å². The summed E-state index contributed by atoms with van der Waals surface area (Å²) < 4.78 is 43.8. The highest BCUT2D eigenvalue weighted by Gasteiger charge is 2.38. The fourth-order valence-corrected chi connectivity index (χ4v) is 2.43. The quantitative estimate of drug-likeness (QED) is 0.929. The third-order valence-electron chi connectivity index (χ3n) is 3.29. The van der Waals surface area contributed by atoms with E-state index in [1.54, 1.807) is 4.90 Å². The van der Waals surface area contributed by atoms with Crippen molar-refractivity contribution in [3.05, 3.63) is 23.3 Å². The van der Waals surface area contributed by atoms with Crippen molar-refractivity contribution in [2.24, 2.45) is 0 Å². The third-order valence-corrected chi connectivity index (χ3v) is 3.29. The summed E-state index contributed by atoms with van der Waals surface area (Å²) in [7, 11) is 1.12. The van der Waals surface area contributed by atoms with E-state index >= 15 is 0 Å². The van der Waals surface area contributed by atoms with E-state index in [1.165, 1.54) is 0 Å². The Morgan fingerprint density at radius 1 is 1.30 bits per heavy atom. The summed E-state index contributed by atoms with van der Waals surface area (Å²) in [5, 5.41) is 9.18. The zero-order valence-electron chi connectivity index (χ0n) is 10.8. The number of alkyl halides is 3. The highest BCUT2D eigenvalue weighted by molar-refractivity contribution is 5.97. The zero-order chi connectivity index (χ0) is 14.9. The van der Waals surface area contributed by atoms with Gasteiger partial charge in [-0.3, -0.25) is 0 Å². The molecule has 1 fully saturated rings. The highest BCUT2D eigenvalue weighted by Crippen LogP contribution is 2.44. The van der Waals surface area contributed by atoms with Gasteiger partial charge in [-0.2, -0.15) is 13.2 Å². The number of rotatable bonds is 3. The molecule has 1 saturated heterocycles. The van der Waals surface area contributed by atoms with Gasteiger partial charge in [-0.05, 0) is 25.0 Å². The first-order valence-electron chi connectivity index (χ1n) is 6.12. The fourth-order valence-electron chi connectivity index (χ4n) is 2.43. The Kier molecular flexibility index (Phi) is 3.78. The topological polar surface area (TPSA) is 49.8 Å². The first-order valence-corrected chi connectivity index (χ1v) is 6.12. The Bertz CT molecular complexity index is 522. The van der Waals surface area contributed by atoms with Crippen LogP contribution in [0.25, 0.3) is 0 Å². The average molecular weight is 289 g/mol. The lowest BCUT2D eigenvalue weighted by Crippen LogP contribution is -2.23. The molecule has 1 aromatic rings. The van der Waals surface area contributed by atoms with Gasteiger partial charge in [-0.25, -0.2) is 4.79 Å². The molecule has 1 N–H and O–H groups in total. The molecule has 0 bridgehead atoms. The Hall–Kier alpha value is -1.92. The van der Waals surface area contributed by atoms with Crippen LogP contribution in [-0.4, -0.2) is 31.3 Å². The Labute approximate surface area is 113 Å².